The van der Waals surface area contributed by atoms with E-state index in [0.29, 0.717) is 23.5 Å². The molecule has 90 valence electrons. The number of carbonyl (C=O) groups is 1. The largest absolute Gasteiger partial charge is 0.454 e. The van der Waals surface area contributed by atoms with Gasteiger partial charge in [0.05, 0.1) is 0 Å². The summed E-state index contributed by atoms with van der Waals surface area (Å²) in [5, 5.41) is 0. The number of fused-ring (bicyclic) bond motifs is 8. The van der Waals surface area contributed by atoms with Crippen molar-refractivity contribution in [3.05, 3.63) is 35.4 Å². The van der Waals surface area contributed by atoms with Crippen LogP contribution in [0.1, 0.15) is 28.3 Å². The third kappa shape index (κ3) is 0.879. The van der Waals surface area contributed by atoms with Crippen molar-refractivity contribution < 1.29 is 14.3 Å². The fourth-order valence-corrected chi connectivity index (χ4v) is 4.23. The zero-order chi connectivity index (χ0) is 11.9. The van der Waals surface area contributed by atoms with E-state index in [1.54, 1.807) is 0 Å². The molecule has 18 heavy (non-hydrogen) atoms. The van der Waals surface area contributed by atoms with Crippen LogP contribution in [0, 0.1) is 17.8 Å². The van der Waals surface area contributed by atoms with Crippen molar-refractivity contribution in [2.24, 2.45) is 17.8 Å². The van der Waals surface area contributed by atoms with Crippen molar-refractivity contribution in [3.8, 4) is 11.5 Å². The molecule has 5 rings (SSSR count). The second kappa shape index (κ2) is 2.79. The fourth-order valence-electron chi connectivity index (χ4n) is 4.23. The lowest BCUT2D eigenvalue weighted by molar-refractivity contribution is 0.0910. The van der Waals surface area contributed by atoms with Crippen molar-refractivity contribution in [2.45, 2.75) is 12.3 Å². The molecule has 3 heteroatoms. The van der Waals surface area contributed by atoms with Crippen LogP contribution >= 0.6 is 0 Å². The Balaban J connectivity index is 1.74. The molecule has 1 saturated carbocycles. The van der Waals surface area contributed by atoms with Gasteiger partial charge in [0.2, 0.25) is 6.79 Å². The molecule has 4 unspecified atom stereocenters. The molecule has 1 aromatic rings. The van der Waals surface area contributed by atoms with Crippen LogP contribution in [0.5, 0.6) is 11.5 Å². The van der Waals surface area contributed by atoms with Crippen LogP contribution in [0.3, 0.4) is 0 Å². The quantitative estimate of drug-likeness (QED) is 0.654. The standard InChI is InChI=1S/C15H12O3/c16-15-10-5-12-11(17-6-18-12)4-9(10)13-7-1-2-8(3-7)14(13)15/h1-2,4-5,7-8,13-14H,3,6H2. The summed E-state index contributed by atoms with van der Waals surface area (Å²) >= 11 is 0. The summed E-state index contributed by atoms with van der Waals surface area (Å²) < 4.78 is 10.8. The minimum absolute atomic E-state index is 0.178. The monoisotopic (exact) mass is 240 g/mol. The third-order valence-corrected chi connectivity index (χ3v) is 4.93. The molecular formula is C15H12O3. The molecule has 1 aromatic carbocycles. The van der Waals surface area contributed by atoms with E-state index >= 15 is 0 Å². The summed E-state index contributed by atoms with van der Waals surface area (Å²) in [6.45, 7) is 0.270. The Morgan fingerprint density at radius 3 is 2.56 bits per heavy atom. The zero-order valence-corrected chi connectivity index (χ0v) is 9.76. The molecule has 3 aliphatic carbocycles. The number of ether oxygens (including phenoxy) is 2. The first-order valence-electron chi connectivity index (χ1n) is 6.49. The van der Waals surface area contributed by atoms with Crippen LogP contribution in [0.15, 0.2) is 24.3 Å². The van der Waals surface area contributed by atoms with Crippen LogP contribution in [-0.2, 0) is 0 Å². The van der Waals surface area contributed by atoms with Gasteiger partial charge in [0.1, 0.15) is 0 Å². The molecule has 0 amide bonds. The van der Waals surface area contributed by atoms with Gasteiger partial charge in [0, 0.05) is 17.4 Å². The van der Waals surface area contributed by atoms with Crippen molar-refractivity contribution >= 4 is 5.78 Å². The average Bonchev–Trinajstić information content (AvgIpc) is 3.11. The van der Waals surface area contributed by atoms with Crippen molar-refractivity contribution in [1.29, 1.82) is 0 Å². The summed E-state index contributed by atoms with van der Waals surface area (Å²) in [7, 11) is 0. The number of ketones is 1. The van der Waals surface area contributed by atoms with Gasteiger partial charge in [0.25, 0.3) is 0 Å². The van der Waals surface area contributed by atoms with Crippen molar-refractivity contribution in [3.63, 3.8) is 0 Å². The SMILES string of the molecule is O=C1c2cc3c(cc2C2C4C=CC(C4)C12)OCO3. The van der Waals surface area contributed by atoms with E-state index < -0.39 is 0 Å². The summed E-state index contributed by atoms with van der Waals surface area (Å²) in [4.78, 5) is 12.5. The van der Waals surface area contributed by atoms with E-state index in [-0.39, 0.29) is 12.7 Å². The van der Waals surface area contributed by atoms with Crippen LogP contribution < -0.4 is 9.47 Å². The van der Waals surface area contributed by atoms with Crippen molar-refractivity contribution in [1.82, 2.24) is 0 Å². The number of benzene rings is 1. The van der Waals surface area contributed by atoms with Crippen LogP contribution in [-0.4, -0.2) is 12.6 Å². The van der Waals surface area contributed by atoms with Crippen LogP contribution in [0.2, 0.25) is 0 Å². The fraction of sp³-hybridized carbons (Fsp3) is 0.400. The predicted octanol–water partition coefficient (Wildman–Crippen LogP) is 2.52. The lowest BCUT2D eigenvalue weighted by Gasteiger charge is -2.19. The maximum absolute atomic E-state index is 12.5. The first kappa shape index (κ1) is 9.20. The van der Waals surface area contributed by atoms with Crippen molar-refractivity contribution in [2.75, 3.05) is 6.79 Å². The average molecular weight is 240 g/mol. The lowest BCUT2D eigenvalue weighted by Crippen LogP contribution is -2.18. The second-order valence-corrected chi connectivity index (χ2v) is 5.66. The Bertz CT molecular complexity index is 616. The Morgan fingerprint density at radius 1 is 1.00 bits per heavy atom. The highest BCUT2D eigenvalue weighted by molar-refractivity contribution is 6.04. The second-order valence-electron chi connectivity index (χ2n) is 5.66. The lowest BCUT2D eigenvalue weighted by atomic mass is 9.83. The Kier molecular flexibility index (Phi) is 1.43. The number of allylic oxidation sites excluding steroid dienone is 2. The third-order valence-electron chi connectivity index (χ3n) is 4.93. The minimum Gasteiger partial charge on any atom is -0.454 e. The minimum atomic E-state index is 0.178. The molecule has 1 heterocycles. The van der Waals surface area contributed by atoms with Gasteiger partial charge in [-0.2, -0.15) is 0 Å². The highest BCUT2D eigenvalue weighted by atomic mass is 16.7. The highest BCUT2D eigenvalue weighted by Gasteiger charge is 2.54. The van der Waals surface area contributed by atoms with Gasteiger partial charge in [-0.15, -0.1) is 0 Å². The first-order chi connectivity index (χ1) is 8.83. The maximum Gasteiger partial charge on any atom is 0.231 e. The molecular weight excluding hydrogens is 228 g/mol. The molecule has 2 bridgehead atoms. The molecule has 0 N–H and O–H groups in total. The van der Waals surface area contributed by atoms with E-state index in [9.17, 15) is 4.79 Å². The normalized spacial score (nSPS) is 37.2. The van der Waals surface area contributed by atoms with E-state index in [2.05, 4.69) is 12.2 Å². The number of carbonyl (C=O) groups excluding carboxylic acids is 1. The molecule has 1 aliphatic heterocycles. The molecule has 0 radical (unpaired) electrons. The molecule has 0 saturated heterocycles. The molecule has 1 fully saturated rings. The molecule has 4 aliphatic rings. The molecule has 0 spiro atoms. The van der Waals surface area contributed by atoms with E-state index in [0.717, 1.165) is 23.5 Å². The van der Waals surface area contributed by atoms with Gasteiger partial charge < -0.3 is 9.47 Å². The van der Waals surface area contributed by atoms with Crippen LogP contribution in [0.4, 0.5) is 0 Å². The summed E-state index contributed by atoms with van der Waals surface area (Å²) in [5.41, 5.74) is 2.05. The number of rotatable bonds is 0. The van der Waals surface area contributed by atoms with E-state index in [4.69, 9.17) is 9.47 Å². The van der Waals surface area contributed by atoms with Gasteiger partial charge in [-0.3, -0.25) is 4.79 Å². The topological polar surface area (TPSA) is 35.5 Å². The Morgan fingerprint density at radius 2 is 1.72 bits per heavy atom. The van der Waals surface area contributed by atoms with E-state index in [1.807, 2.05) is 12.1 Å². The first-order valence-corrected chi connectivity index (χ1v) is 6.49. The smallest absolute Gasteiger partial charge is 0.231 e. The zero-order valence-electron chi connectivity index (χ0n) is 9.76. The summed E-state index contributed by atoms with van der Waals surface area (Å²) in [6, 6.07) is 3.92. The predicted molar refractivity (Wildman–Crippen MR) is 63.9 cm³/mol. The Hall–Kier alpha value is -1.77. The van der Waals surface area contributed by atoms with Gasteiger partial charge in [-0.25, -0.2) is 0 Å². The summed E-state index contributed by atoms with van der Waals surface area (Å²) in [6.07, 6.45) is 5.67. The number of hydrogen-bond donors (Lipinski definition) is 0. The van der Waals surface area contributed by atoms with Gasteiger partial charge >= 0.3 is 0 Å². The molecule has 0 aromatic heterocycles. The molecule has 4 atom stereocenters. The van der Waals surface area contributed by atoms with Gasteiger partial charge in [0.15, 0.2) is 17.3 Å². The maximum atomic E-state index is 12.5. The van der Waals surface area contributed by atoms with Gasteiger partial charge in [-0.05, 0) is 36.0 Å². The van der Waals surface area contributed by atoms with E-state index in [1.165, 1.54) is 5.56 Å². The number of hydrogen-bond acceptors (Lipinski definition) is 3. The summed E-state index contributed by atoms with van der Waals surface area (Å²) in [5.74, 6) is 3.40. The number of Topliss-reactive ketones (excluding diaryl/α,β-unsaturated/α-hetero) is 1. The van der Waals surface area contributed by atoms with Gasteiger partial charge in [-0.1, -0.05) is 12.2 Å². The molecule has 3 nitrogen and oxygen atoms in total. The highest BCUT2D eigenvalue weighted by Crippen LogP contribution is 2.59. The Labute approximate surface area is 104 Å². The van der Waals surface area contributed by atoms with Crippen LogP contribution in [0.25, 0.3) is 0 Å².